The molecule has 5 rings (SSSR count). The van der Waals surface area contributed by atoms with E-state index in [1.807, 2.05) is 38.1 Å². The highest BCUT2D eigenvalue weighted by molar-refractivity contribution is 6.08. The van der Waals surface area contributed by atoms with E-state index >= 15 is 0 Å². The third-order valence-electron chi connectivity index (χ3n) is 7.78. The molecule has 196 valence electrons. The number of hydrogen-bond donors (Lipinski definition) is 3. The molecule has 2 aliphatic heterocycles. The number of aliphatic hydroxyl groups excluding tert-OH is 1. The SMILES string of the molecule is CCN(CCO)CCCN1C(=O)N2C(c3cccc(O)c3)c3[nH]c4ccc(OC)cc4c3CC2(C)C1=O. The van der Waals surface area contributed by atoms with E-state index in [9.17, 15) is 19.8 Å². The van der Waals surface area contributed by atoms with Crippen molar-refractivity contribution in [1.82, 2.24) is 19.7 Å². The first-order chi connectivity index (χ1) is 17.8. The molecule has 9 heteroatoms. The van der Waals surface area contributed by atoms with Gasteiger partial charge in [-0.2, -0.15) is 0 Å². The molecule has 0 bridgehead atoms. The second kappa shape index (κ2) is 9.72. The molecule has 0 saturated carbocycles. The van der Waals surface area contributed by atoms with Crippen LogP contribution in [0.25, 0.3) is 10.9 Å². The fourth-order valence-electron chi connectivity index (χ4n) is 5.88. The van der Waals surface area contributed by atoms with Gasteiger partial charge in [-0.25, -0.2) is 4.79 Å². The molecule has 1 aromatic heterocycles. The topological polar surface area (TPSA) is 109 Å². The molecular weight excluding hydrogens is 472 g/mol. The molecule has 0 radical (unpaired) electrons. The smallest absolute Gasteiger partial charge is 0.328 e. The number of nitrogens with one attached hydrogen (secondary N) is 1. The Morgan fingerprint density at radius 1 is 1.19 bits per heavy atom. The first kappa shape index (κ1) is 25.1. The molecule has 3 aromatic rings. The van der Waals surface area contributed by atoms with Crippen molar-refractivity contribution < 1.29 is 24.5 Å². The molecule has 1 saturated heterocycles. The summed E-state index contributed by atoms with van der Waals surface area (Å²) in [5.41, 5.74) is 2.38. The Kier molecular flexibility index (Phi) is 6.59. The number of imide groups is 1. The minimum absolute atomic E-state index is 0.0728. The molecule has 3 heterocycles. The van der Waals surface area contributed by atoms with Gasteiger partial charge in [-0.15, -0.1) is 0 Å². The number of aromatic hydroxyl groups is 1. The van der Waals surface area contributed by atoms with Crippen LogP contribution in [0.4, 0.5) is 4.79 Å². The third-order valence-corrected chi connectivity index (χ3v) is 7.78. The zero-order valence-electron chi connectivity index (χ0n) is 21.5. The molecule has 2 unspecified atom stereocenters. The van der Waals surface area contributed by atoms with Crippen LogP contribution in [0.2, 0.25) is 0 Å². The maximum absolute atomic E-state index is 13.9. The van der Waals surface area contributed by atoms with Gasteiger partial charge in [0.15, 0.2) is 0 Å². The molecule has 2 aromatic carbocycles. The normalized spacial score (nSPS) is 21.2. The summed E-state index contributed by atoms with van der Waals surface area (Å²) in [6.45, 7) is 6.28. The van der Waals surface area contributed by atoms with Gasteiger partial charge >= 0.3 is 6.03 Å². The second-order valence-electron chi connectivity index (χ2n) is 10.00. The third kappa shape index (κ3) is 4.12. The van der Waals surface area contributed by atoms with Crippen molar-refractivity contribution in [3.8, 4) is 11.5 Å². The Bertz CT molecular complexity index is 1340. The molecule has 0 aliphatic carbocycles. The number of urea groups is 1. The number of amides is 3. The summed E-state index contributed by atoms with van der Waals surface area (Å²) in [7, 11) is 1.62. The predicted molar refractivity (Wildman–Crippen MR) is 140 cm³/mol. The monoisotopic (exact) mass is 506 g/mol. The van der Waals surface area contributed by atoms with Gasteiger partial charge < -0.3 is 24.8 Å². The van der Waals surface area contributed by atoms with E-state index in [2.05, 4.69) is 9.88 Å². The second-order valence-corrected chi connectivity index (χ2v) is 10.00. The van der Waals surface area contributed by atoms with Gasteiger partial charge in [0.2, 0.25) is 0 Å². The van der Waals surface area contributed by atoms with Crippen molar-refractivity contribution in [1.29, 1.82) is 0 Å². The van der Waals surface area contributed by atoms with E-state index in [0.29, 0.717) is 32.5 Å². The van der Waals surface area contributed by atoms with Crippen LogP contribution in [0.3, 0.4) is 0 Å². The van der Waals surface area contributed by atoms with E-state index in [1.54, 1.807) is 30.2 Å². The molecule has 37 heavy (non-hydrogen) atoms. The van der Waals surface area contributed by atoms with Crippen LogP contribution in [0.15, 0.2) is 42.5 Å². The number of carbonyl (C=O) groups excluding carboxylic acids is 2. The Morgan fingerprint density at radius 3 is 2.70 bits per heavy atom. The lowest BCUT2D eigenvalue weighted by Crippen LogP contribution is -2.53. The van der Waals surface area contributed by atoms with Gasteiger partial charge in [-0.1, -0.05) is 19.1 Å². The standard InChI is InChI=1S/C28H34N4O5/c1-4-30(13-14-33)11-6-12-31-26(35)28(2)17-22-21-16-20(37-3)9-10-23(21)29-24(22)25(32(28)27(31)36)18-7-5-8-19(34)15-18/h5,7-10,15-16,25,29,33-34H,4,6,11-14,17H2,1-3H3. The van der Waals surface area contributed by atoms with Crippen LogP contribution in [-0.2, 0) is 11.2 Å². The predicted octanol–water partition coefficient (Wildman–Crippen LogP) is 3.25. The summed E-state index contributed by atoms with van der Waals surface area (Å²) < 4.78 is 5.46. The number of benzene rings is 2. The molecule has 3 N–H and O–H groups in total. The summed E-state index contributed by atoms with van der Waals surface area (Å²) in [6.07, 6.45) is 0.995. The molecule has 9 nitrogen and oxygen atoms in total. The van der Waals surface area contributed by atoms with E-state index in [-0.39, 0.29) is 24.3 Å². The van der Waals surface area contributed by atoms with Gasteiger partial charge in [0.1, 0.15) is 23.1 Å². The van der Waals surface area contributed by atoms with Crippen molar-refractivity contribution in [3.05, 3.63) is 59.3 Å². The van der Waals surface area contributed by atoms with Crippen molar-refractivity contribution in [2.24, 2.45) is 0 Å². The number of methoxy groups -OCH3 is 1. The number of ether oxygens (including phenoxy) is 1. The quantitative estimate of drug-likeness (QED) is 0.385. The van der Waals surface area contributed by atoms with Crippen molar-refractivity contribution in [2.75, 3.05) is 39.9 Å². The maximum atomic E-state index is 13.9. The highest BCUT2D eigenvalue weighted by atomic mass is 16.5. The highest BCUT2D eigenvalue weighted by Gasteiger charge is 2.60. The largest absolute Gasteiger partial charge is 0.508 e. The van der Waals surface area contributed by atoms with Crippen LogP contribution < -0.4 is 4.74 Å². The molecule has 2 aliphatic rings. The van der Waals surface area contributed by atoms with Crippen LogP contribution in [0.5, 0.6) is 11.5 Å². The van der Waals surface area contributed by atoms with Gasteiger partial charge in [-0.05, 0) is 67.9 Å². The van der Waals surface area contributed by atoms with Crippen LogP contribution in [0, 0.1) is 0 Å². The lowest BCUT2D eigenvalue weighted by Gasteiger charge is -2.42. The van der Waals surface area contributed by atoms with Crippen LogP contribution >= 0.6 is 0 Å². The van der Waals surface area contributed by atoms with Crippen LogP contribution in [0.1, 0.15) is 43.1 Å². The number of aliphatic hydroxyl groups is 1. The number of phenolic OH excluding ortho intramolecular Hbond substituents is 1. The number of H-pyrrole nitrogens is 1. The van der Waals surface area contributed by atoms with Crippen LogP contribution in [-0.4, -0.2) is 87.3 Å². The number of phenols is 1. The number of likely N-dealkylation sites (N-methyl/N-ethyl adjacent to an activating group) is 1. The zero-order valence-corrected chi connectivity index (χ0v) is 21.5. The summed E-state index contributed by atoms with van der Waals surface area (Å²) >= 11 is 0. The van der Waals surface area contributed by atoms with E-state index < -0.39 is 11.6 Å². The molecule has 3 amide bonds. The van der Waals surface area contributed by atoms with Crippen molar-refractivity contribution >= 4 is 22.8 Å². The van der Waals surface area contributed by atoms with Crippen molar-refractivity contribution in [2.45, 2.75) is 38.3 Å². The van der Waals surface area contributed by atoms with E-state index in [4.69, 9.17) is 4.74 Å². The van der Waals surface area contributed by atoms with E-state index in [0.717, 1.165) is 40.0 Å². The average molecular weight is 507 g/mol. The number of aromatic nitrogens is 1. The van der Waals surface area contributed by atoms with Gasteiger partial charge in [0.25, 0.3) is 5.91 Å². The molecule has 1 fully saturated rings. The Hall–Kier alpha value is -3.56. The first-order valence-electron chi connectivity index (χ1n) is 12.8. The number of rotatable bonds is 9. The summed E-state index contributed by atoms with van der Waals surface area (Å²) in [5, 5.41) is 20.5. The minimum atomic E-state index is -1.08. The number of hydrogen-bond acceptors (Lipinski definition) is 6. The fourth-order valence-corrected chi connectivity index (χ4v) is 5.88. The lowest BCUT2D eigenvalue weighted by atomic mass is 9.81. The Morgan fingerprint density at radius 2 is 2.00 bits per heavy atom. The summed E-state index contributed by atoms with van der Waals surface area (Å²) in [6, 6.07) is 11.8. The zero-order chi connectivity index (χ0) is 26.3. The molecule has 0 spiro atoms. The highest BCUT2D eigenvalue weighted by Crippen LogP contribution is 2.49. The number of carbonyl (C=O) groups is 2. The maximum Gasteiger partial charge on any atom is 0.328 e. The van der Waals surface area contributed by atoms with E-state index in [1.165, 1.54) is 4.90 Å². The van der Waals surface area contributed by atoms with Gasteiger partial charge in [0, 0.05) is 36.1 Å². The van der Waals surface area contributed by atoms with Gasteiger partial charge in [0.05, 0.1) is 13.7 Å². The minimum Gasteiger partial charge on any atom is -0.508 e. The lowest BCUT2D eigenvalue weighted by molar-refractivity contribution is -0.133. The summed E-state index contributed by atoms with van der Waals surface area (Å²) in [4.78, 5) is 36.5. The fraction of sp³-hybridized carbons (Fsp3) is 0.429. The number of fused-ring (bicyclic) bond motifs is 4. The first-order valence-corrected chi connectivity index (χ1v) is 12.8. The molecule has 2 atom stereocenters. The van der Waals surface area contributed by atoms with Gasteiger partial charge in [-0.3, -0.25) is 14.6 Å². The molecular formula is C28H34N4O5. The number of nitrogens with zero attached hydrogens (tertiary/aromatic N) is 3. The number of aromatic amines is 1. The average Bonchev–Trinajstić information content (AvgIpc) is 3.33. The van der Waals surface area contributed by atoms with Crippen molar-refractivity contribution in [3.63, 3.8) is 0 Å². The summed E-state index contributed by atoms with van der Waals surface area (Å²) in [5.74, 6) is 0.604. The Labute approximate surface area is 216 Å². The Balaban J connectivity index is 1.56.